The van der Waals surface area contributed by atoms with Crippen molar-refractivity contribution in [3.05, 3.63) is 53.7 Å². The zero-order chi connectivity index (χ0) is 19.9. The number of carbonyl (C=O) groups is 2. The minimum Gasteiger partial charge on any atom is -0.369 e. The van der Waals surface area contributed by atoms with Crippen molar-refractivity contribution >= 4 is 11.8 Å². The van der Waals surface area contributed by atoms with Crippen LogP contribution in [0.15, 0.2) is 42.5 Å². The van der Waals surface area contributed by atoms with E-state index in [1.54, 1.807) is 30.3 Å². The highest BCUT2D eigenvalue weighted by molar-refractivity contribution is 5.95. The minimum atomic E-state index is -0.250. The number of carbonyl (C=O) groups excluding carboxylic acids is 2. The van der Waals surface area contributed by atoms with Gasteiger partial charge in [-0.2, -0.15) is 5.26 Å². The fourth-order valence-corrected chi connectivity index (χ4v) is 3.40. The summed E-state index contributed by atoms with van der Waals surface area (Å²) < 4.78 is 0. The Balaban J connectivity index is 1.58. The van der Waals surface area contributed by atoms with Crippen molar-refractivity contribution in [1.82, 2.24) is 15.2 Å². The number of benzene rings is 1. The lowest BCUT2D eigenvalue weighted by molar-refractivity contribution is -0.123. The van der Waals surface area contributed by atoms with E-state index >= 15 is 0 Å². The Morgan fingerprint density at radius 3 is 2.89 bits per heavy atom. The van der Waals surface area contributed by atoms with Gasteiger partial charge in [-0.1, -0.05) is 18.2 Å². The maximum atomic E-state index is 12.5. The van der Waals surface area contributed by atoms with Crippen molar-refractivity contribution in [3.63, 3.8) is 0 Å². The summed E-state index contributed by atoms with van der Waals surface area (Å²) in [4.78, 5) is 30.3. The molecule has 1 atom stereocenters. The molecule has 0 unspecified atom stereocenters. The van der Waals surface area contributed by atoms with E-state index in [9.17, 15) is 9.59 Å². The highest BCUT2D eigenvalue weighted by atomic mass is 16.2. The second-order valence-corrected chi connectivity index (χ2v) is 6.90. The molecule has 1 aromatic carbocycles. The number of nitrogens with two attached hydrogens (primary N) is 1. The van der Waals surface area contributed by atoms with E-state index < -0.39 is 0 Å². The quantitative estimate of drug-likeness (QED) is 0.793. The molecule has 3 N–H and O–H groups in total. The van der Waals surface area contributed by atoms with Gasteiger partial charge in [0.05, 0.1) is 11.6 Å². The Bertz CT molecular complexity index is 906. The molecule has 0 spiro atoms. The van der Waals surface area contributed by atoms with E-state index in [1.165, 1.54) is 0 Å². The van der Waals surface area contributed by atoms with E-state index in [1.807, 2.05) is 18.2 Å². The first-order chi connectivity index (χ1) is 13.6. The summed E-state index contributed by atoms with van der Waals surface area (Å²) in [6, 6.07) is 14.4. The number of rotatable bonds is 6. The van der Waals surface area contributed by atoms with E-state index in [2.05, 4.69) is 15.2 Å². The summed E-state index contributed by atoms with van der Waals surface area (Å²) >= 11 is 0. The number of pyridine rings is 1. The monoisotopic (exact) mass is 377 g/mol. The topological polar surface area (TPSA) is 112 Å². The van der Waals surface area contributed by atoms with Crippen LogP contribution < -0.4 is 11.1 Å². The van der Waals surface area contributed by atoms with Gasteiger partial charge in [-0.05, 0) is 43.7 Å². The van der Waals surface area contributed by atoms with Crippen LogP contribution in [0.3, 0.4) is 0 Å². The molecular weight excluding hydrogens is 354 g/mol. The molecule has 144 valence electrons. The maximum Gasteiger partial charge on any atom is 0.251 e. The third-order valence-electron chi connectivity index (χ3n) is 4.91. The van der Waals surface area contributed by atoms with E-state index in [0.29, 0.717) is 36.6 Å². The van der Waals surface area contributed by atoms with Gasteiger partial charge in [0.1, 0.15) is 11.8 Å². The van der Waals surface area contributed by atoms with Crippen molar-refractivity contribution in [3.8, 4) is 17.3 Å². The van der Waals surface area contributed by atoms with Crippen LogP contribution in [0.4, 0.5) is 0 Å². The molecule has 0 radical (unpaired) electrons. The van der Waals surface area contributed by atoms with Crippen LogP contribution in [-0.4, -0.2) is 47.9 Å². The fraction of sp³-hybridized carbons (Fsp3) is 0.333. The SMILES string of the molecule is N#Cc1cccc(-c2cccc(C(=O)NCCN3CCC[C@H](C(N)=O)C3)c2)n1. The molecule has 0 bridgehead atoms. The highest BCUT2D eigenvalue weighted by Gasteiger charge is 2.23. The predicted octanol–water partition coefficient (Wildman–Crippen LogP) is 1.55. The van der Waals surface area contributed by atoms with E-state index in [4.69, 9.17) is 11.0 Å². The van der Waals surface area contributed by atoms with E-state index in [-0.39, 0.29) is 17.7 Å². The van der Waals surface area contributed by atoms with Gasteiger partial charge >= 0.3 is 0 Å². The Morgan fingerprint density at radius 1 is 1.29 bits per heavy atom. The molecule has 1 aliphatic rings. The van der Waals surface area contributed by atoms with E-state index in [0.717, 1.165) is 24.9 Å². The summed E-state index contributed by atoms with van der Waals surface area (Å²) in [5, 5.41) is 11.9. The van der Waals surface area contributed by atoms with Crippen LogP contribution in [0.25, 0.3) is 11.3 Å². The molecular formula is C21H23N5O2. The number of hydrogen-bond acceptors (Lipinski definition) is 5. The minimum absolute atomic E-state index is 0.0993. The number of primary amides is 1. The van der Waals surface area contributed by atoms with Gasteiger partial charge in [-0.3, -0.25) is 9.59 Å². The third kappa shape index (κ3) is 4.93. The van der Waals surface area contributed by atoms with Gasteiger partial charge in [-0.25, -0.2) is 4.98 Å². The summed E-state index contributed by atoms with van der Waals surface area (Å²) in [6.07, 6.45) is 1.78. The lowest BCUT2D eigenvalue weighted by Crippen LogP contribution is -2.44. The number of piperidine rings is 1. The summed E-state index contributed by atoms with van der Waals surface area (Å²) in [5.74, 6) is -0.515. The number of amides is 2. The van der Waals surface area contributed by atoms with Crippen LogP contribution in [-0.2, 0) is 4.79 Å². The van der Waals surface area contributed by atoms with Crippen molar-refractivity contribution in [1.29, 1.82) is 5.26 Å². The Hall–Kier alpha value is -3.24. The highest BCUT2D eigenvalue weighted by Crippen LogP contribution is 2.19. The average Bonchev–Trinajstić information content (AvgIpc) is 2.74. The molecule has 1 fully saturated rings. The first kappa shape index (κ1) is 19.5. The van der Waals surface area contributed by atoms with Gasteiger partial charge in [0.15, 0.2) is 0 Å². The van der Waals surface area contributed by atoms with Crippen LogP contribution in [0, 0.1) is 17.2 Å². The molecule has 1 aromatic heterocycles. The predicted molar refractivity (Wildman–Crippen MR) is 105 cm³/mol. The number of nitrogens with zero attached hydrogens (tertiary/aromatic N) is 3. The lowest BCUT2D eigenvalue weighted by Gasteiger charge is -2.31. The van der Waals surface area contributed by atoms with Crippen molar-refractivity contribution < 1.29 is 9.59 Å². The Kier molecular flexibility index (Phi) is 6.35. The molecule has 7 heteroatoms. The molecule has 1 aliphatic heterocycles. The summed E-state index contributed by atoms with van der Waals surface area (Å²) in [7, 11) is 0. The summed E-state index contributed by atoms with van der Waals surface area (Å²) in [5.41, 5.74) is 7.71. The molecule has 7 nitrogen and oxygen atoms in total. The number of aromatic nitrogens is 1. The molecule has 0 aliphatic carbocycles. The Morgan fingerprint density at radius 2 is 2.11 bits per heavy atom. The second kappa shape index (κ2) is 9.11. The number of hydrogen-bond donors (Lipinski definition) is 2. The lowest BCUT2D eigenvalue weighted by atomic mass is 9.97. The third-order valence-corrected chi connectivity index (χ3v) is 4.91. The fourth-order valence-electron chi connectivity index (χ4n) is 3.40. The molecule has 28 heavy (non-hydrogen) atoms. The molecule has 0 saturated carbocycles. The molecule has 2 heterocycles. The van der Waals surface area contributed by atoms with Crippen molar-refractivity contribution in [2.75, 3.05) is 26.2 Å². The standard InChI is InChI=1S/C21H23N5O2/c22-13-18-7-2-8-19(25-18)15-4-1-5-16(12-15)21(28)24-9-11-26-10-3-6-17(14-26)20(23)27/h1-2,4-5,7-8,12,17H,3,6,9-11,14H2,(H2,23,27)(H,24,28)/t17-/m0/s1. The average molecular weight is 377 g/mol. The smallest absolute Gasteiger partial charge is 0.251 e. The first-order valence-electron chi connectivity index (χ1n) is 9.34. The van der Waals surface area contributed by atoms with Crippen molar-refractivity contribution in [2.24, 2.45) is 11.7 Å². The van der Waals surface area contributed by atoms with Crippen LogP contribution in [0.1, 0.15) is 28.9 Å². The van der Waals surface area contributed by atoms with Gasteiger partial charge < -0.3 is 16.0 Å². The van der Waals surface area contributed by atoms with Gasteiger partial charge in [0, 0.05) is 30.8 Å². The van der Waals surface area contributed by atoms with Crippen LogP contribution >= 0.6 is 0 Å². The zero-order valence-electron chi connectivity index (χ0n) is 15.6. The first-order valence-corrected chi connectivity index (χ1v) is 9.34. The van der Waals surface area contributed by atoms with Crippen molar-refractivity contribution in [2.45, 2.75) is 12.8 Å². The number of likely N-dealkylation sites (tertiary alicyclic amines) is 1. The molecule has 2 aromatic rings. The van der Waals surface area contributed by atoms with Gasteiger partial charge in [0.2, 0.25) is 5.91 Å². The molecule has 3 rings (SSSR count). The van der Waals surface area contributed by atoms with Gasteiger partial charge in [0.25, 0.3) is 5.91 Å². The normalized spacial score (nSPS) is 16.9. The van der Waals surface area contributed by atoms with Crippen LogP contribution in [0.2, 0.25) is 0 Å². The Labute approximate surface area is 164 Å². The summed E-state index contributed by atoms with van der Waals surface area (Å²) in [6.45, 7) is 2.75. The number of nitrogens with one attached hydrogen (secondary N) is 1. The van der Waals surface area contributed by atoms with Gasteiger partial charge in [-0.15, -0.1) is 0 Å². The zero-order valence-corrected chi connectivity index (χ0v) is 15.6. The molecule has 2 amide bonds. The largest absolute Gasteiger partial charge is 0.369 e. The molecule has 1 saturated heterocycles. The van der Waals surface area contributed by atoms with Crippen LogP contribution in [0.5, 0.6) is 0 Å². The number of nitriles is 1. The maximum absolute atomic E-state index is 12.5. The second-order valence-electron chi connectivity index (χ2n) is 6.90.